The minimum absolute atomic E-state index is 0.216. The van der Waals surface area contributed by atoms with Gasteiger partial charge in [0, 0.05) is 12.6 Å². The Kier molecular flexibility index (Phi) is 2.94. The molecule has 0 spiro atoms. The van der Waals surface area contributed by atoms with Gasteiger partial charge in [-0.3, -0.25) is 0 Å². The van der Waals surface area contributed by atoms with Crippen LogP contribution >= 0.6 is 0 Å². The SMILES string of the molecule is CN/C(=N\N)Oc1ccc(F)cc1C1CC1. The van der Waals surface area contributed by atoms with Crippen LogP contribution in [0.2, 0.25) is 0 Å². The average molecular weight is 223 g/mol. The number of hydrazone groups is 1. The number of rotatable bonds is 2. The first-order valence-corrected chi connectivity index (χ1v) is 5.17. The van der Waals surface area contributed by atoms with Crippen molar-refractivity contribution in [3.8, 4) is 5.75 Å². The van der Waals surface area contributed by atoms with Gasteiger partial charge in [0.1, 0.15) is 11.6 Å². The molecule has 1 aliphatic carbocycles. The van der Waals surface area contributed by atoms with Crippen LogP contribution in [0.1, 0.15) is 24.3 Å². The molecule has 5 heteroatoms. The van der Waals surface area contributed by atoms with Gasteiger partial charge in [0.25, 0.3) is 0 Å². The molecule has 4 nitrogen and oxygen atoms in total. The average Bonchev–Trinajstić information content (AvgIpc) is 3.11. The molecule has 0 saturated heterocycles. The van der Waals surface area contributed by atoms with E-state index in [0.717, 1.165) is 18.4 Å². The quantitative estimate of drug-likeness (QED) is 0.346. The molecule has 0 radical (unpaired) electrons. The molecule has 1 aliphatic rings. The van der Waals surface area contributed by atoms with Gasteiger partial charge in [-0.15, -0.1) is 5.10 Å². The van der Waals surface area contributed by atoms with Crippen molar-refractivity contribution in [1.82, 2.24) is 5.32 Å². The molecule has 0 amide bonds. The lowest BCUT2D eigenvalue weighted by atomic mass is 10.1. The van der Waals surface area contributed by atoms with Gasteiger partial charge in [0.05, 0.1) is 0 Å². The summed E-state index contributed by atoms with van der Waals surface area (Å²) in [5.41, 5.74) is 0.886. The van der Waals surface area contributed by atoms with E-state index in [1.165, 1.54) is 12.1 Å². The number of halogens is 1. The predicted molar refractivity (Wildman–Crippen MR) is 59.7 cm³/mol. The molecule has 1 saturated carbocycles. The normalized spacial score (nSPS) is 16.0. The van der Waals surface area contributed by atoms with E-state index in [9.17, 15) is 4.39 Å². The Morgan fingerprint density at radius 1 is 1.56 bits per heavy atom. The van der Waals surface area contributed by atoms with Crippen LogP contribution in [0.15, 0.2) is 23.3 Å². The fourth-order valence-electron chi connectivity index (χ4n) is 1.57. The van der Waals surface area contributed by atoms with E-state index >= 15 is 0 Å². The van der Waals surface area contributed by atoms with Gasteiger partial charge in [-0.05, 0) is 37.0 Å². The molecule has 0 bridgehead atoms. The van der Waals surface area contributed by atoms with Crippen LogP contribution in [-0.4, -0.2) is 13.1 Å². The zero-order chi connectivity index (χ0) is 11.5. The minimum atomic E-state index is -0.245. The molecular formula is C11H14FN3O. The van der Waals surface area contributed by atoms with Crippen LogP contribution in [-0.2, 0) is 0 Å². The molecule has 16 heavy (non-hydrogen) atoms. The van der Waals surface area contributed by atoms with Crippen molar-refractivity contribution in [3.63, 3.8) is 0 Å². The summed E-state index contributed by atoms with van der Waals surface area (Å²) < 4.78 is 18.6. The van der Waals surface area contributed by atoms with E-state index in [0.29, 0.717) is 11.7 Å². The number of ether oxygens (including phenoxy) is 1. The van der Waals surface area contributed by atoms with Crippen LogP contribution in [0.5, 0.6) is 5.75 Å². The second-order valence-corrected chi connectivity index (χ2v) is 3.74. The van der Waals surface area contributed by atoms with E-state index in [1.807, 2.05) is 0 Å². The summed E-state index contributed by atoms with van der Waals surface area (Å²) in [5, 5.41) is 6.15. The molecule has 1 fully saturated rings. The van der Waals surface area contributed by atoms with E-state index in [1.54, 1.807) is 13.1 Å². The third-order valence-electron chi connectivity index (χ3n) is 2.53. The summed E-state index contributed by atoms with van der Waals surface area (Å²) in [4.78, 5) is 0. The number of nitrogens with two attached hydrogens (primary N) is 1. The first-order chi connectivity index (χ1) is 7.74. The van der Waals surface area contributed by atoms with Crippen molar-refractivity contribution >= 4 is 6.02 Å². The number of nitrogens with one attached hydrogen (secondary N) is 1. The van der Waals surface area contributed by atoms with Gasteiger partial charge in [0.2, 0.25) is 0 Å². The lowest BCUT2D eigenvalue weighted by Gasteiger charge is -2.11. The lowest BCUT2D eigenvalue weighted by Crippen LogP contribution is -2.26. The van der Waals surface area contributed by atoms with Crippen LogP contribution in [0.4, 0.5) is 4.39 Å². The van der Waals surface area contributed by atoms with E-state index in [-0.39, 0.29) is 11.8 Å². The van der Waals surface area contributed by atoms with E-state index in [4.69, 9.17) is 10.6 Å². The maximum absolute atomic E-state index is 13.1. The van der Waals surface area contributed by atoms with Crippen LogP contribution < -0.4 is 15.9 Å². The number of hydrogen-bond donors (Lipinski definition) is 2. The number of benzene rings is 1. The molecule has 86 valence electrons. The molecular weight excluding hydrogens is 209 g/mol. The van der Waals surface area contributed by atoms with Crippen molar-refractivity contribution in [2.24, 2.45) is 10.9 Å². The van der Waals surface area contributed by atoms with Crippen LogP contribution in [0, 0.1) is 5.82 Å². The third-order valence-corrected chi connectivity index (χ3v) is 2.53. The van der Waals surface area contributed by atoms with Crippen LogP contribution in [0.3, 0.4) is 0 Å². The molecule has 1 aromatic carbocycles. The summed E-state index contributed by atoms with van der Waals surface area (Å²) >= 11 is 0. The molecule has 1 aromatic rings. The highest BCUT2D eigenvalue weighted by Gasteiger charge is 2.27. The molecule has 0 aliphatic heterocycles. The first-order valence-electron chi connectivity index (χ1n) is 5.17. The topological polar surface area (TPSA) is 59.6 Å². The van der Waals surface area contributed by atoms with Gasteiger partial charge in [-0.2, -0.15) is 0 Å². The molecule has 0 atom stereocenters. The summed E-state index contributed by atoms with van der Waals surface area (Å²) in [6.45, 7) is 0. The zero-order valence-corrected chi connectivity index (χ0v) is 9.03. The Balaban J connectivity index is 2.25. The maximum Gasteiger partial charge on any atom is 0.311 e. The summed E-state index contributed by atoms with van der Waals surface area (Å²) in [7, 11) is 1.66. The van der Waals surface area contributed by atoms with Crippen molar-refractivity contribution < 1.29 is 9.13 Å². The van der Waals surface area contributed by atoms with E-state index in [2.05, 4.69) is 10.4 Å². The minimum Gasteiger partial charge on any atom is -0.425 e. The Labute approximate surface area is 93.3 Å². The third kappa shape index (κ3) is 2.24. The number of amidine groups is 1. The van der Waals surface area contributed by atoms with Gasteiger partial charge >= 0.3 is 6.02 Å². The van der Waals surface area contributed by atoms with Gasteiger partial charge in [-0.25, -0.2) is 4.39 Å². The largest absolute Gasteiger partial charge is 0.425 e. The van der Waals surface area contributed by atoms with Gasteiger partial charge < -0.3 is 15.9 Å². The standard InChI is InChI=1S/C11H14FN3O/c1-14-11(15-13)16-10-5-4-8(12)6-9(10)7-2-3-7/h4-7H,2-3,13H2,1H3,(H,14,15). The zero-order valence-electron chi connectivity index (χ0n) is 9.03. The Hall–Kier alpha value is -1.78. The molecule has 0 unspecified atom stereocenters. The second-order valence-electron chi connectivity index (χ2n) is 3.74. The highest BCUT2D eigenvalue weighted by molar-refractivity contribution is 5.76. The van der Waals surface area contributed by atoms with Gasteiger partial charge in [0.15, 0.2) is 0 Å². The first kappa shape index (κ1) is 10.7. The van der Waals surface area contributed by atoms with E-state index < -0.39 is 0 Å². The molecule has 3 N–H and O–H groups in total. The van der Waals surface area contributed by atoms with Crippen molar-refractivity contribution in [3.05, 3.63) is 29.6 Å². The second kappa shape index (κ2) is 4.38. The predicted octanol–water partition coefficient (Wildman–Crippen LogP) is 1.53. The smallest absolute Gasteiger partial charge is 0.311 e. The van der Waals surface area contributed by atoms with Crippen molar-refractivity contribution in [2.75, 3.05) is 7.05 Å². The van der Waals surface area contributed by atoms with Crippen LogP contribution in [0.25, 0.3) is 0 Å². The Morgan fingerprint density at radius 3 is 2.88 bits per heavy atom. The van der Waals surface area contributed by atoms with Crippen molar-refractivity contribution in [1.29, 1.82) is 0 Å². The fourth-order valence-corrected chi connectivity index (χ4v) is 1.57. The molecule has 0 aromatic heterocycles. The maximum atomic E-state index is 13.1. The lowest BCUT2D eigenvalue weighted by molar-refractivity contribution is 0.511. The number of nitrogens with zero attached hydrogens (tertiary/aromatic N) is 1. The fraction of sp³-hybridized carbons (Fsp3) is 0.364. The molecule has 0 heterocycles. The monoisotopic (exact) mass is 223 g/mol. The number of hydrogen-bond acceptors (Lipinski definition) is 3. The summed E-state index contributed by atoms with van der Waals surface area (Å²) in [6.07, 6.45) is 2.16. The molecule has 2 rings (SSSR count). The highest BCUT2D eigenvalue weighted by atomic mass is 19.1. The summed E-state index contributed by atoms with van der Waals surface area (Å²) in [5.74, 6) is 5.90. The van der Waals surface area contributed by atoms with Crippen molar-refractivity contribution in [2.45, 2.75) is 18.8 Å². The Morgan fingerprint density at radius 2 is 2.31 bits per heavy atom. The van der Waals surface area contributed by atoms with Gasteiger partial charge in [-0.1, -0.05) is 0 Å². The summed E-state index contributed by atoms with van der Waals surface area (Å²) in [6, 6.07) is 4.70. The Bertz CT molecular complexity index is 416. The highest BCUT2D eigenvalue weighted by Crippen LogP contribution is 2.44.